The lowest BCUT2D eigenvalue weighted by molar-refractivity contribution is 0.0675. The van der Waals surface area contributed by atoms with Gasteiger partial charge in [0.2, 0.25) is 6.79 Å². The predicted molar refractivity (Wildman–Crippen MR) is 108 cm³/mol. The Balaban J connectivity index is 1.73. The number of oxime groups is 1. The molecule has 2 aromatic rings. The fraction of sp³-hybridized carbons (Fsp3) is 0.364. The summed E-state index contributed by atoms with van der Waals surface area (Å²) in [6, 6.07) is 9.44. The number of nitrogens with zero attached hydrogens (tertiary/aromatic N) is 2. The molecule has 4 rings (SSSR count). The van der Waals surface area contributed by atoms with Crippen LogP contribution in [-0.4, -0.2) is 54.7 Å². The first kappa shape index (κ1) is 19.3. The largest absolute Gasteiger partial charge is 0.453 e. The molecule has 0 unspecified atom stereocenters. The number of rotatable bonds is 4. The molecular formula is C22H24N2O5. The summed E-state index contributed by atoms with van der Waals surface area (Å²) in [4.78, 5) is 19.7. The summed E-state index contributed by atoms with van der Waals surface area (Å²) >= 11 is 0. The van der Waals surface area contributed by atoms with Crippen LogP contribution in [0, 0.1) is 13.8 Å². The first-order valence-electron chi connectivity index (χ1n) is 9.55. The van der Waals surface area contributed by atoms with Gasteiger partial charge in [0.15, 0.2) is 11.5 Å². The lowest BCUT2D eigenvalue weighted by Crippen LogP contribution is -2.38. The second kappa shape index (κ2) is 7.75. The van der Waals surface area contributed by atoms with Crippen LogP contribution < -0.4 is 9.47 Å². The minimum Gasteiger partial charge on any atom is -0.453 e. The number of ether oxygens (including phenoxy) is 2. The molecule has 1 amide bonds. The summed E-state index contributed by atoms with van der Waals surface area (Å²) in [5.74, 6) is 0.803. The fourth-order valence-corrected chi connectivity index (χ4v) is 3.94. The Labute approximate surface area is 169 Å². The standard InChI is InChI=1S/C22H24N2O5/c1-13-5-4-6-17(14(13)2)18-7-8-19(21-20(18)28-12-29-21)22(26)24-10-15(23-27-3)9-16(24)11-25/h4-8,16,25H,9-12H2,1-3H3/b23-15+/t16-/m0/s1. The maximum atomic E-state index is 13.3. The quantitative estimate of drug-likeness (QED) is 0.804. The first-order valence-corrected chi connectivity index (χ1v) is 9.55. The zero-order valence-corrected chi connectivity index (χ0v) is 16.8. The van der Waals surface area contributed by atoms with Crippen molar-refractivity contribution in [1.29, 1.82) is 0 Å². The molecule has 2 aliphatic rings. The monoisotopic (exact) mass is 396 g/mol. The minimum absolute atomic E-state index is 0.0668. The van der Waals surface area contributed by atoms with Crippen LogP contribution in [0.5, 0.6) is 11.5 Å². The van der Waals surface area contributed by atoms with Crippen LogP contribution in [0.4, 0.5) is 0 Å². The summed E-state index contributed by atoms with van der Waals surface area (Å²) < 4.78 is 11.5. The summed E-state index contributed by atoms with van der Waals surface area (Å²) in [6.45, 7) is 4.37. The molecule has 7 heteroatoms. The molecule has 0 aromatic heterocycles. The normalized spacial score (nSPS) is 19.1. The number of likely N-dealkylation sites (tertiary alicyclic amines) is 1. The number of benzene rings is 2. The minimum atomic E-state index is -0.340. The molecule has 0 radical (unpaired) electrons. The van der Waals surface area contributed by atoms with Crippen molar-refractivity contribution >= 4 is 11.6 Å². The molecule has 1 N–H and O–H groups in total. The molecular weight excluding hydrogens is 372 g/mol. The van der Waals surface area contributed by atoms with E-state index in [9.17, 15) is 9.90 Å². The molecule has 152 valence electrons. The Morgan fingerprint density at radius 2 is 2.00 bits per heavy atom. The van der Waals surface area contributed by atoms with Gasteiger partial charge in [-0.2, -0.15) is 0 Å². The van der Waals surface area contributed by atoms with Crippen molar-refractivity contribution in [2.24, 2.45) is 5.16 Å². The number of carbonyl (C=O) groups is 1. The van der Waals surface area contributed by atoms with Gasteiger partial charge in [-0.25, -0.2) is 0 Å². The summed E-state index contributed by atoms with van der Waals surface area (Å²) in [6.07, 6.45) is 0.482. The smallest absolute Gasteiger partial charge is 0.258 e. The van der Waals surface area contributed by atoms with Gasteiger partial charge in [-0.15, -0.1) is 0 Å². The average molecular weight is 396 g/mol. The Morgan fingerprint density at radius 1 is 1.21 bits per heavy atom. The molecule has 7 nitrogen and oxygen atoms in total. The van der Waals surface area contributed by atoms with E-state index in [4.69, 9.17) is 14.3 Å². The first-order chi connectivity index (χ1) is 14.0. The lowest BCUT2D eigenvalue weighted by Gasteiger charge is -2.23. The van der Waals surface area contributed by atoms with Crippen LogP contribution in [0.2, 0.25) is 0 Å². The van der Waals surface area contributed by atoms with Gasteiger partial charge in [-0.3, -0.25) is 4.79 Å². The zero-order valence-electron chi connectivity index (χ0n) is 16.8. The van der Waals surface area contributed by atoms with Crippen LogP contribution in [0.15, 0.2) is 35.5 Å². The van der Waals surface area contributed by atoms with Crippen molar-refractivity contribution in [2.45, 2.75) is 26.3 Å². The van der Waals surface area contributed by atoms with E-state index >= 15 is 0 Å². The summed E-state index contributed by atoms with van der Waals surface area (Å²) in [7, 11) is 1.47. The van der Waals surface area contributed by atoms with Gasteiger partial charge in [0.05, 0.1) is 30.5 Å². The zero-order chi connectivity index (χ0) is 20.5. The number of carbonyl (C=O) groups excluding carboxylic acids is 1. The van der Waals surface area contributed by atoms with E-state index in [1.54, 1.807) is 11.0 Å². The van der Waals surface area contributed by atoms with E-state index in [0.717, 1.165) is 22.4 Å². The molecule has 0 spiro atoms. The van der Waals surface area contributed by atoms with E-state index in [2.05, 4.69) is 25.1 Å². The van der Waals surface area contributed by atoms with Crippen molar-refractivity contribution in [1.82, 2.24) is 4.90 Å². The van der Waals surface area contributed by atoms with Gasteiger partial charge in [-0.05, 0) is 42.7 Å². The van der Waals surface area contributed by atoms with Gasteiger partial charge in [0, 0.05) is 12.0 Å². The van der Waals surface area contributed by atoms with Crippen molar-refractivity contribution in [3.05, 3.63) is 47.0 Å². The van der Waals surface area contributed by atoms with Gasteiger partial charge in [-0.1, -0.05) is 23.4 Å². The highest BCUT2D eigenvalue weighted by Crippen LogP contribution is 2.45. The molecule has 29 heavy (non-hydrogen) atoms. The topological polar surface area (TPSA) is 80.6 Å². The fourth-order valence-electron chi connectivity index (χ4n) is 3.94. The number of aliphatic hydroxyl groups excluding tert-OH is 1. The number of amides is 1. The molecule has 0 bridgehead atoms. The van der Waals surface area contributed by atoms with Gasteiger partial charge in [0.1, 0.15) is 7.11 Å². The second-order valence-electron chi connectivity index (χ2n) is 7.29. The van der Waals surface area contributed by atoms with E-state index in [1.165, 1.54) is 12.7 Å². The van der Waals surface area contributed by atoms with Gasteiger partial charge < -0.3 is 24.3 Å². The highest BCUT2D eigenvalue weighted by Gasteiger charge is 2.36. The number of hydrogen-bond acceptors (Lipinski definition) is 6. The Hall–Kier alpha value is -3.06. The number of hydrogen-bond donors (Lipinski definition) is 1. The predicted octanol–water partition coefficient (Wildman–Crippen LogP) is 2.91. The average Bonchev–Trinajstić information content (AvgIpc) is 3.36. The van der Waals surface area contributed by atoms with Crippen LogP contribution >= 0.6 is 0 Å². The number of aliphatic hydroxyl groups is 1. The van der Waals surface area contributed by atoms with E-state index < -0.39 is 0 Å². The third-order valence-electron chi connectivity index (χ3n) is 5.60. The molecule has 2 aliphatic heterocycles. The van der Waals surface area contributed by atoms with E-state index in [-0.39, 0.29) is 25.3 Å². The third-order valence-corrected chi connectivity index (χ3v) is 5.60. The molecule has 1 saturated heterocycles. The highest BCUT2D eigenvalue weighted by molar-refractivity contribution is 6.03. The van der Waals surface area contributed by atoms with Crippen LogP contribution in [0.1, 0.15) is 27.9 Å². The molecule has 0 saturated carbocycles. The molecule has 1 atom stereocenters. The molecule has 2 heterocycles. The van der Waals surface area contributed by atoms with Crippen molar-refractivity contribution in [2.75, 3.05) is 27.1 Å². The second-order valence-corrected chi connectivity index (χ2v) is 7.29. The van der Waals surface area contributed by atoms with Crippen molar-refractivity contribution in [3.8, 4) is 22.6 Å². The number of aryl methyl sites for hydroxylation is 1. The summed E-state index contributed by atoms with van der Waals surface area (Å²) in [5, 5.41) is 13.7. The maximum absolute atomic E-state index is 13.3. The van der Waals surface area contributed by atoms with E-state index in [1.807, 2.05) is 18.2 Å². The Kier molecular flexibility index (Phi) is 5.15. The summed E-state index contributed by atoms with van der Waals surface area (Å²) in [5.41, 5.74) is 5.43. The van der Waals surface area contributed by atoms with Crippen LogP contribution in [0.3, 0.4) is 0 Å². The molecule has 1 fully saturated rings. The van der Waals surface area contributed by atoms with Crippen LogP contribution in [0.25, 0.3) is 11.1 Å². The molecule has 2 aromatic carbocycles. The third kappa shape index (κ3) is 3.31. The van der Waals surface area contributed by atoms with Gasteiger partial charge in [0.25, 0.3) is 5.91 Å². The maximum Gasteiger partial charge on any atom is 0.258 e. The van der Waals surface area contributed by atoms with Crippen LogP contribution in [-0.2, 0) is 4.84 Å². The Morgan fingerprint density at radius 3 is 2.76 bits per heavy atom. The molecule has 0 aliphatic carbocycles. The Bertz CT molecular complexity index is 985. The SMILES string of the molecule is CO/N=C1\C[C@@H](CO)N(C(=O)c2ccc(-c3cccc(C)c3C)c3c2OCO3)C1. The van der Waals surface area contributed by atoms with Crippen molar-refractivity contribution in [3.63, 3.8) is 0 Å². The van der Waals surface area contributed by atoms with Gasteiger partial charge >= 0.3 is 0 Å². The number of fused-ring (bicyclic) bond motifs is 1. The highest BCUT2D eigenvalue weighted by atomic mass is 16.7. The van der Waals surface area contributed by atoms with Crippen molar-refractivity contribution < 1.29 is 24.2 Å². The van der Waals surface area contributed by atoms with E-state index in [0.29, 0.717) is 30.0 Å². The lowest BCUT2D eigenvalue weighted by atomic mass is 9.95.